The summed E-state index contributed by atoms with van der Waals surface area (Å²) >= 11 is 0. The van der Waals surface area contributed by atoms with E-state index in [0.717, 1.165) is 17.7 Å². The van der Waals surface area contributed by atoms with Gasteiger partial charge in [0.15, 0.2) is 0 Å². The lowest BCUT2D eigenvalue weighted by atomic mass is 10.0. The third-order valence-electron chi connectivity index (χ3n) is 3.93. The fraction of sp³-hybridized carbons (Fsp3) is 0.278. The zero-order chi connectivity index (χ0) is 16.2. The molecule has 0 saturated heterocycles. The van der Waals surface area contributed by atoms with Gasteiger partial charge in [-0.05, 0) is 36.2 Å². The van der Waals surface area contributed by atoms with Crippen LogP contribution in [-0.2, 0) is 4.79 Å². The molecule has 0 spiro atoms. The zero-order valence-electron chi connectivity index (χ0n) is 13.2. The highest BCUT2D eigenvalue weighted by Gasteiger charge is 2.23. The summed E-state index contributed by atoms with van der Waals surface area (Å²) in [5.74, 6) is 0.347. The Bertz CT molecular complexity index is 694. The Balaban J connectivity index is 0.00000208. The molecule has 2 aromatic carbocycles. The molecule has 1 aliphatic rings. The van der Waals surface area contributed by atoms with Crippen LogP contribution in [0.3, 0.4) is 0 Å². The number of hydrogen-bond acceptors (Lipinski definition) is 3. The van der Waals surface area contributed by atoms with Gasteiger partial charge in [-0.2, -0.15) is 0 Å². The molecule has 128 valence electrons. The third kappa shape index (κ3) is 4.04. The van der Waals surface area contributed by atoms with Crippen molar-refractivity contribution in [3.8, 4) is 5.75 Å². The predicted molar refractivity (Wildman–Crippen MR) is 94.1 cm³/mol. The predicted octanol–water partition coefficient (Wildman–Crippen LogP) is 3.45. The summed E-state index contributed by atoms with van der Waals surface area (Å²) < 4.78 is 18.6. The quantitative estimate of drug-likeness (QED) is 0.922. The van der Waals surface area contributed by atoms with Gasteiger partial charge in [-0.3, -0.25) is 4.79 Å². The van der Waals surface area contributed by atoms with Gasteiger partial charge in [0.1, 0.15) is 11.6 Å². The van der Waals surface area contributed by atoms with Crippen molar-refractivity contribution in [3.63, 3.8) is 0 Å². The van der Waals surface area contributed by atoms with E-state index in [0.29, 0.717) is 18.9 Å². The van der Waals surface area contributed by atoms with Gasteiger partial charge in [0.05, 0.1) is 12.3 Å². The van der Waals surface area contributed by atoms with Gasteiger partial charge in [-0.1, -0.05) is 24.3 Å². The van der Waals surface area contributed by atoms with E-state index in [2.05, 4.69) is 0 Å². The lowest BCUT2D eigenvalue weighted by molar-refractivity contribution is -0.119. The average Bonchev–Trinajstić information content (AvgIpc) is 2.77. The second-order valence-electron chi connectivity index (χ2n) is 5.58. The van der Waals surface area contributed by atoms with E-state index >= 15 is 0 Å². The van der Waals surface area contributed by atoms with Crippen LogP contribution >= 0.6 is 12.4 Å². The number of amides is 1. The van der Waals surface area contributed by atoms with Crippen molar-refractivity contribution >= 4 is 24.0 Å². The van der Waals surface area contributed by atoms with E-state index in [1.54, 1.807) is 17.0 Å². The number of anilines is 1. The topological polar surface area (TPSA) is 55.6 Å². The van der Waals surface area contributed by atoms with E-state index in [1.165, 1.54) is 12.1 Å². The molecule has 0 radical (unpaired) electrons. The molecule has 0 aromatic heterocycles. The SMILES string of the molecule is Cl.N[C@@H](CC(=O)N1CCCOc2ccccc21)c1ccc(F)cc1. The molecule has 0 saturated carbocycles. The van der Waals surface area contributed by atoms with Crippen molar-refractivity contribution < 1.29 is 13.9 Å². The molecule has 0 unspecified atom stereocenters. The van der Waals surface area contributed by atoms with E-state index in [4.69, 9.17) is 10.5 Å². The van der Waals surface area contributed by atoms with Gasteiger partial charge in [-0.25, -0.2) is 4.39 Å². The van der Waals surface area contributed by atoms with Crippen molar-refractivity contribution in [2.24, 2.45) is 5.73 Å². The zero-order valence-corrected chi connectivity index (χ0v) is 14.0. The molecule has 0 bridgehead atoms. The summed E-state index contributed by atoms with van der Waals surface area (Å²) in [5.41, 5.74) is 7.64. The minimum Gasteiger partial charge on any atom is -0.491 e. The van der Waals surface area contributed by atoms with Crippen LogP contribution in [0.2, 0.25) is 0 Å². The van der Waals surface area contributed by atoms with E-state index in [1.807, 2.05) is 24.3 Å². The van der Waals surface area contributed by atoms with Gasteiger partial charge in [0.25, 0.3) is 0 Å². The largest absolute Gasteiger partial charge is 0.491 e. The Morgan fingerprint density at radius 3 is 2.67 bits per heavy atom. The molecule has 24 heavy (non-hydrogen) atoms. The number of carbonyl (C=O) groups excluding carboxylic acids is 1. The number of nitrogens with zero attached hydrogens (tertiary/aromatic N) is 1. The fourth-order valence-corrected chi connectivity index (χ4v) is 2.71. The van der Waals surface area contributed by atoms with Gasteiger partial charge >= 0.3 is 0 Å². The first kappa shape index (κ1) is 18.2. The Morgan fingerprint density at radius 2 is 1.92 bits per heavy atom. The molecule has 1 heterocycles. The molecule has 1 aliphatic heterocycles. The molecular formula is C18H20ClFN2O2. The first-order valence-electron chi connectivity index (χ1n) is 7.68. The number of carbonyl (C=O) groups is 1. The van der Waals surface area contributed by atoms with Crippen LogP contribution in [0.5, 0.6) is 5.75 Å². The molecule has 0 aliphatic carbocycles. The number of rotatable bonds is 3. The van der Waals surface area contributed by atoms with Crippen LogP contribution in [0, 0.1) is 5.82 Å². The van der Waals surface area contributed by atoms with Crippen LogP contribution < -0.4 is 15.4 Å². The Morgan fingerprint density at radius 1 is 1.21 bits per heavy atom. The van der Waals surface area contributed by atoms with E-state index in [-0.39, 0.29) is 30.6 Å². The number of halogens is 2. The third-order valence-corrected chi connectivity index (χ3v) is 3.93. The summed E-state index contributed by atoms with van der Waals surface area (Å²) in [7, 11) is 0. The number of fused-ring (bicyclic) bond motifs is 1. The average molecular weight is 351 g/mol. The first-order valence-corrected chi connectivity index (χ1v) is 7.68. The molecule has 2 N–H and O–H groups in total. The van der Waals surface area contributed by atoms with Crippen molar-refractivity contribution in [2.45, 2.75) is 18.9 Å². The number of hydrogen-bond donors (Lipinski definition) is 1. The van der Waals surface area contributed by atoms with E-state index in [9.17, 15) is 9.18 Å². The van der Waals surface area contributed by atoms with Crippen molar-refractivity contribution in [1.29, 1.82) is 0 Å². The number of ether oxygens (including phenoxy) is 1. The van der Waals surface area contributed by atoms with Crippen LogP contribution in [0.1, 0.15) is 24.4 Å². The molecule has 4 nitrogen and oxygen atoms in total. The second-order valence-corrected chi connectivity index (χ2v) is 5.58. The van der Waals surface area contributed by atoms with Gasteiger partial charge in [0, 0.05) is 19.0 Å². The molecule has 1 amide bonds. The molecule has 1 atom stereocenters. The smallest absolute Gasteiger partial charge is 0.229 e. The minimum atomic E-state index is -0.459. The summed E-state index contributed by atoms with van der Waals surface area (Å²) in [6.07, 6.45) is 0.937. The highest BCUT2D eigenvalue weighted by molar-refractivity contribution is 5.95. The maximum Gasteiger partial charge on any atom is 0.229 e. The lowest BCUT2D eigenvalue weighted by Crippen LogP contribution is -2.33. The van der Waals surface area contributed by atoms with Crippen LogP contribution in [-0.4, -0.2) is 19.1 Å². The number of nitrogens with two attached hydrogens (primary N) is 1. The van der Waals surface area contributed by atoms with Crippen LogP contribution in [0.4, 0.5) is 10.1 Å². The molecule has 6 heteroatoms. The molecule has 3 rings (SSSR count). The number of benzene rings is 2. The Labute approximate surface area is 146 Å². The monoisotopic (exact) mass is 350 g/mol. The summed E-state index contributed by atoms with van der Waals surface area (Å²) in [5, 5.41) is 0. The van der Waals surface area contributed by atoms with E-state index < -0.39 is 6.04 Å². The summed E-state index contributed by atoms with van der Waals surface area (Å²) in [6, 6.07) is 13.0. The van der Waals surface area contributed by atoms with Gasteiger partial charge in [-0.15, -0.1) is 12.4 Å². The normalized spacial score (nSPS) is 14.7. The van der Waals surface area contributed by atoms with Crippen molar-refractivity contribution in [3.05, 3.63) is 59.9 Å². The maximum absolute atomic E-state index is 13.0. The van der Waals surface area contributed by atoms with Crippen LogP contribution in [0.15, 0.2) is 48.5 Å². The second kappa shape index (κ2) is 8.13. The van der Waals surface area contributed by atoms with Crippen LogP contribution in [0.25, 0.3) is 0 Å². The summed E-state index contributed by atoms with van der Waals surface area (Å²) in [6.45, 7) is 1.19. The molecule has 0 fully saturated rings. The Kier molecular flexibility index (Phi) is 6.17. The summed E-state index contributed by atoms with van der Waals surface area (Å²) in [4.78, 5) is 14.4. The minimum absolute atomic E-state index is 0. The van der Waals surface area contributed by atoms with Crippen molar-refractivity contribution in [2.75, 3.05) is 18.1 Å². The van der Waals surface area contributed by atoms with Gasteiger partial charge < -0.3 is 15.4 Å². The first-order chi connectivity index (χ1) is 11.1. The standard InChI is InChI=1S/C18H19FN2O2.ClH/c19-14-8-6-13(7-9-14)15(20)12-18(22)21-10-3-11-23-17-5-2-1-4-16(17)21;/h1-2,4-9,15H,3,10-12,20H2;1H/t15-;/m0./s1. The molecule has 2 aromatic rings. The highest BCUT2D eigenvalue weighted by Crippen LogP contribution is 2.31. The highest BCUT2D eigenvalue weighted by atomic mass is 35.5. The molecular weight excluding hydrogens is 331 g/mol. The van der Waals surface area contributed by atoms with Crippen molar-refractivity contribution in [1.82, 2.24) is 0 Å². The number of para-hydroxylation sites is 2. The maximum atomic E-state index is 13.0. The lowest BCUT2D eigenvalue weighted by Gasteiger charge is -2.23. The fourth-order valence-electron chi connectivity index (χ4n) is 2.71. The Hall–Kier alpha value is -2.11. The van der Waals surface area contributed by atoms with Gasteiger partial charge in [0.2, 0.25) is 5.91 Å².